The smallest absolute Gasteiger partial charge is 0.295 e. The molecule has 0 unspecified atom stereocenters. The van der Waals surface area contributed by atoms with E-state index in [1.807, 2.05) is 0 Å². The molecule has 0 radical (unpaired) electrons. The monoisotopic (exact) mass is 432 g/mol. The van der Waals surface area contributed by atoms with Gasteiger partial charge in [0.05, 0.1) is 27.4 Å². The first-order valence-electron chi connectivity index (χ1n) is 9.01. The van der Waals surface area contributed by atoms with Gasteiger partial charge in [-0.3, -0.25) is 24.0 Å². The van der Waals surface area contributed by atoms with Crippen molar-refractivity contribution in [3.05, 3.63) is 68.6 Å². The SMILES string of the molecule is CCN(CC(=O)c1ccc([N+](=O)[O-])cc1)S(=O)(=O)c1ccc2c(c1)n(C)c(=O)n2C. The first kappa shape index (κ1) is 21.4. The Morgan fingerprint density at radius 2 is 1.67 bits per heavy atom. The van der Waals surface area contributed by atoms with Crippen LogP contribution in [0.25, 0.3) is 11.0 Å². The maximum atomic E-state index is 13.1. The number of benzene rings is 2. The van der Waals surface area contributed by atoms with Gasteiger partial charge < -0.3 is 0 Å². The zero-order valence-electron chi connectivity index (χ0n) is 16.6. The van der Waals surface area contributed by atoms with Gasteiger partial charge in [0.1, 0.15) is 0 Å². The van der Waals surface area contributed by atoms with Crippen molar-refractivity contribution in [2.45, 2.75) is 11.8 Å². The van der Waals surface area contributed by atoms with Gasteiger partial charge in [0, 0.05) is 38.3 Å². The number of sulfonamides is 1. The molecule has 0 bridgehead atoms. The largest absolute Gasteiger partial charge is 0.328 e. The molecule has 2 aromatic carbocycles. The lowest BCUT2D eigenvalue weighted by atomic mass is 10.1. The molecule has 0 aliphatic carbocycles. The highest BCUT2D eigenvalue weighted by molar-refractivity contribution is 7.89. The number of imidazole rings is 1. The second-order valence-corrected chi connectivity index (χ2v) is 8.65. The molecule has 0 aliphatic heterocycles. The average Bonchev–Trinajstić information content (AvgIpc) is 2.95. The minimum absolute atomic E-state index is 0.0328. The van der Waals surface area contributed by atoms with E-state index in [2.05, 4.69) is 0 Å². The lowest BCUT2D eigenvalue weighted by molar-refractivity contribution is -0.384. The number of aromatic nitrogens is 2. The van der Waals surface area contributed by atoms with Crippen molar-refractivity contribution in [1.82, 2.24) is 13.4 Å². The van der Waals surface area contributed by atoms with E-state index < -0.39 is 27.3 Å². The molecule has 0 N–H and O–H groups in total. The van der Waals surface area contributed by atoms with Gasteiger partial charge in [-0.25, -0.2) is 13.2 Å². The Bertz CT molecular complexity index is 1310. The molecule has 1 heterocycles. The molecule has 3 rings (SSSR count). The van der Waals surface area contributed by atoms with Gasteiger partial charge >= 0.3 is 5.69 Å². The van der Waals surface area contributed by atoms with E-state index in [9.17, 15) is 28.1 Å². The number of fused-ring (bicyclic) bond motifs is 1. The van der Waals surface area contributed by atoms with Crippen molar-refractivity contribution in [3.63, 3.8) is 0 Å². The summed E-state index contributed by atoms with van der Waals surface area (Å²) in [6, 6.07) is 9.35. The molecule has 30 heavy (non-hydrogen) atoms. The predicted molar refractivity (Wildman–Crippen MR) is 110 cm³/mol. The van der Waals surface area contributed by atoms with Gasteiger partial charge in [-0.05, 0) is 30.3 Å². The number of Topliss-reactive ketones (excluding diaryl/α,β-unsaturated/α-hetero) is 1. The van der Waals surface area contributed by atoms with Crippen LogP contribution >= 0.6 is 0 Å². The molecule has 0 atom stereocenters. The molecule has 3 aromatic rings. The third-order valence-electron chi connectivity index (χ3n) is 4.95. The van der Waals surface area contributed by atoms with E-state index in [0.29, 0.717) is 11.0 Å². The number of carbonyl (C=O) groups excluding carboxylic acids is 1. The molecule has 0 saturated heterocycles. The molecule has 1 aromatic heterocycles. The Morgan fingerprint density at radius 1 is 1.07 bits per heavy atom. The van der Waals surface area contributed by atoms with Crippen LogP contribution in [0.2, 0.25) is 0 Å². The van der Waals surface area contributed by atoms with Crippen molar-refractivity contribution in [1.29, 1.82) is 0 Å². The van der Waals surface area contributed by atoms with Crippen LogP contribution in [0.3, 0.4) is 0 Å². The lowest BCUT2D eigenvalue weighted by Crippen LogP contribution is -2.35. The normalized spacial score (nSPS) is 11.9. The Balaban J connectivity index is 1.92. The highest BCUT2D eigenvalue weighted by atomic mass is 32.2. The van der Waals surface area contributed by atoms with Crippen LogP contribution in [-0.4, -0.2) is 45.7 Å². The number of nitrogens with zero attached hydrogens (tertiary/aromatic N) is 4. The Hall–Kier alpha value is -3.31. The fourth-order valence-corrected chi connectivity index (χ4v) is 4.61. The number of non-ortho nitro benzene ring substituents is 1. The average molecular weight is 432 g/mol. The van der Waals surface area contributed by atoms with Crippen LogP contribution < -0.4 is 5.69 Å². The lowest BCUT2D eigenvalue weighted by Gasteiger charge is -2.20. The fraction of sp³-hybridized carbons (Fsp3) is 0.263. The molecule has 11 heteroatoms. The molecule has 0 amide bonds. The summed E-state index contributed by atoms with van der Waals surface area (Å²) in [7, 11) is -0.858. The number of ketones is 1. The molecular weight excluding hydrogens is 412 g/mol. The molecule has 0 saturated carbocycles. The van der Waals surface area contributed by atoms with Gasteiger partial charge in [0.25, 0.3) is 5.69 Å². The van der Waals surface area contributed by atoms with Crippen LogP contribution in [0.5, 0.6) is 0 Å². The number of hydrogen-bond donors (Lipinski definition) is 0. The van der Waals surface area contributed by atoms with Gasteiger partial charge in [-0.1, -0.05) is 6.92 Å². The van der Waals surface area contributed by atoms with Crippen LogP contribution in [0.1, 0.15) is 17.3 Å². The summed E-state index contributed by atoms with van der Waals surface area (Å²) < 4.78 is 30.0. The van der Waals surface area contributed by atoms with Crippen molar-refractivity contribution >= 4 is 32.5 Å². The van der Waals surface area contributed by atoms with Crippen molar-refractivity contribution in [2.24, 2.45) is 14.1 Å². The van der Waals surface area contributed by atoms with Crippen molar-refractivity contribution in [3.8, 4) is 0 Å². The highest BCUT2D eigenvalue weighted by Gasteiger charge is 2.27. The number of likely N-dealkylation sites (N-methyl/N-ethyl adjacent to an activating group) is 1. The zero-order chi connectivity index (χ0) is 22.2. The summed E-state index contributed by atoms with van der Waals surface area (Å²) in [4.78, 5) is 34.8. The summed E-state index contributed by atoms with van der Waals surface area (Å²) >= 11 is 0. The third kappa shape index (κ3) is 3.64. The fourth-order valence-electron chi connectivity index (χ4n) is 3.18. The number of nitro groups is 1. The molecule has 0 spiro atoms. The number of aryl methyl sites for hydroxylation is 2. The van der Waals surface area contributed by atoms with E-state index in [4.69, 9.17) is 0 Å². The summed E-state index contributed by atoms with van der Waals surface area (Å²) in [5, 5.41) is 10.7. The van der Waals surface area contributed by atoms with Crippen LogP contribution in [0.4, 0.5) is 5.69 Å². The Morgan fingerprint density at radius 3 is 2.23 bits per heavy atom. The minimum atomic E-state index is -4.01. The van der Waals surface area contributed by atoms with Crippen LogP contribution in [0, 0.1) is 10.1 Å². The van der Waals surface area contributed by atoms with Gasteiger partial charge in [-0.2, -0.15) is 4.31 Å². The van der Waals surface area contributed by atoms with Gasteiger partial charge in [-0.15, -0.1) is 0 Å². The first-order chi connectivity index (χ1) is 14.1. The topological polar surface area (TPSA) is 125 Å². The molecule has 158 valence electrons. The molecule has 0 aliphatic rings. The second-order valence-electron chi connectivity index (χ2n) is 6.71. The minimum Gasteiger partial charge on any atom is -0.295 e. The first-order valence-corrected chi connectivity index (χ1v) is 10.4. The highest BCUT2D eigenvalue weighted by Crippen LogP contribution is 2.22. The van der Waals surface area contributed by atoms with E-state index in [1.54, 1.807) is 27.1 Å². The van der Waals surface area contributed by atoms with E-state index in [0.717, 1.165) is 4.31 Å². The number of rotatable bonds is 7. The Kier molecular flexibility index (Phi) is 5.59. The predicted octanol–water partition coefficient (Wildman–Crippen LogP) is 1.68. The Labute approximate surface area is 172 Å². The maximum Gasteiger partial charge on any atom is 0.328 e. The molecule has 0 fully saturated rings. The molecular formula is C19H20N4O6S. The summed E-state index contributed by atoms with van der Waals surface area (Å²) in [6.07, 6.45) is 0. The summed E-state index contributed by atoms with van der Waals surface area (Å²) in [5.74, 6) is -0.483. The molecule has 10 nitrogen and oxygen atoms in total. The van der Waals surface area contributed by atoms with Gasteiger partial charge in [0.2, 0.25) is 10.0 Å². The standard InChI is InChI=1S/C19H20N4O6S/c1-4-22(12-18(24)13-5-7-14(8-6-13)23(26)27)30(28,29)15-9-10-16-17(11-15)21(3)19(25)20(16)2/h5-11H,4,12H2,1-3H3. The number of nitro benzene ring substituents is 1. The maximum absolute atomic E-state index is 13.1. The van der Waals surface area contributed by atoms with Gasteiger partial charge in [0.15, 0.2) is 5.78 Å². The quantitative estimate of drug-likeness (QED) is 0.318. The van der Waals surface area contributed by atoms with Crippen LogP contribution in [0.15, 0.2) is 52.2 Å². The van der Waals surface area contributed by atoms with Crippen molar-refractivity contribution < 1.29 is 18.1 Å². The summed E-state index contributed by atoms with van der Waals surface area (Å²) in [5.41, 5.74) is 0.788. The number of hydrogen-bond acceptors (Lipinski definition) is 6. The summed E-state index contributed by atoms with van der Waals surface area (Å²) in [6.45, 7) is 1.24. The zero-order valence-corrected chi connectivity index (χ0v) is 17.4. The third-order valence-corrected chi connectivity index (χ3v) is 6.87. The number of carbonyl (C=O) groups is 1. The van der Waals surface area contributed by atoms with E-state index >= 15 is 0 Å². The van der Waals surface area contributed by atoms with Crippen LogP contribution in [-0.2, 0) is 24.1 Å². The second kappa shape index (κ2) is 7.84. The van der Waals surface area contributed by atoms with E-state index in [1.165, 1.54) is 45.5 Å². The van der Waals surface area contributed by atoms with E-state index in [-0.39, 0.29) is 28.4 Å². The van der Waals surface area contributed by atoms with Crippen molar-refractivity contribution in [2.75, 3.05) is 13.1 Å².